The molecule has 1 aliphatic heterocycles. The number of alkyl halides is 3. The fourth-order valence-electron chi connectivity index (χ4n) is 5.59. The number of nitrogens with zero attached hydrogens (tertiary/aromatic N) is 1. The van der Waals surface area contributed by atoms with Gasteiger partial charge < -0.3 is 4.90 Å². The quantitative estimate of drug-likeness (QED) is 0.180. The van der Waals surface area contributed by atoms with Crippen molar-refractivity contribution in [2.24, 2.45) is 0 Å². The minimum absolute atomic E-state index is 0.611. The van der Waals surface area contributed by atoms with Crippen molar-refractivity contribution in [3.8, 4) is 0 Å². The van der Waals surface area contributed by atoms with E-state index in [4.69, 9.17) is 0 Å². The van der Waals surface area contributed by atoms with E-state index in [0.717, 1.165) is 28.1 Å². The molecule has 0 spiro atoms. The van der Waals surface area contributed by atoms with Crippen LogP contribution in [0.2, 0.25) is 0 Å². The molecule has 1 nitrogen and oxygen atoms in total. The Bertz CT molecular complexity index is 1490. The maximum Gasteiger partial charge on any atom is 0.416 e. The summed E-state index contributed by atoms with van der Waals surface area (Å²) in [5.41, 5.74) is 0.972. The first-order chi connectivity index (χ1) is 19.5. The van der Waals surface area contributed by atoms with Crippen molar-refractivity contribution in [3.63, 3.8) is 0 Å². The Labute approximate surface area is 238 Å². The summed E-state index contributed by atoms with van der Waals surface area (Å²) in [5.74, 6) is 0. The Morgan fingerprint density at radius 1 is 0.575 bits per heavy atom. The van der Waals surface area contributed by atoms with E-state index >= 15 is 0 Å². The van der Waals surface area contributed by atoms with Crippen LogP contribution in [0.15, 0.2) is 143 Å². The smallest absolute Gasteiger partial charge is 0.339 e. The zero-order valence-corrected chi connectivity index (χ0v) is 23.5. The van der Waals surface area contributed by atoms with Gasteiger partial charge in [0.15, 0.2) is 0 Å². The van der Waals surface area contributed by atoms with Crippen LogP contribution in [0.5, 0.6) is 0 Å². The van der Waals surface area contributed by atoms with Gasteiger partial charge in [0, 0.05) is 22.8 Å². The van der Waals surface area contributed by atoms with E-state index in [1.54, 1.807) is 6.07 Å². The van der Waals surface area contributed by atoms with Crippen LogP contribution >= 0.6 is 19.0 Å². The molecule has 0 bridgehead atoms. The van der Waals surface area contributed by atoms with Crippen molar-refractivity contribution in [1.82, 2.24) is 0 Å². The molecule has 1 heterocycles. The van der Waals surface area contributed by atoms with Crippen LogP contribution in [0.3, 0.4) is 0 Å². The van der Waals surface area contributed by atoms with Gasteiger partial charge in [0.1, 0.15) is 23.2 Å². The third kappa shape index (κ3) is 5.05. The Morgan fingerprint density at radius 2 is 1.07 bits per heavy atom. The summed E-state index contributed by atoms with van der Waals surface area (Å²) in [4.78, 5) is 4.00. The zero-order chi connectivity index (χ0) is 27.6. The largest absolute Gasteiger partial charge is 0.416 e. The molecular weight excluding hydrogens is 542 g/mol. The maximum atomic E-state index is 13.7. The third-order valence-electron chi connectivity index (χ3n) is 7.42. The molecule has 0 aromatic heterocycles. The maximum absolute atomic E-state index is 13.7. The van der Waals surface area contributed by atoms with Gasteiger partial charge in [-0.15, -0.1) is 0 Å². The number of benzene rings is 5. The number of anilines is 2. The Balaban J connectivity index is 1.41. The van der Waals surface area contributed by atoms with Crippen molar-refractivity contribution in [2.45, 2.75) is 22.4 Å². The second kappa shape index (κ2) is 11.2. The van der Waals surface area contributed by atoms with E-state index in [9.17, 15) is 13.2 Å². The van der Waals surface area contributed by atoms with Gasteiger partial charge in [-0.2, -0.15) is 13.2 Å². The van der Waals surface area contributed by atoms with Gasteiger partial charge in [0.25, 0.3) is 0 Å². The first-order valence-corrected chi connectivity index (χ1v) is 16.1. The molecule has 0 amide bonds. The third-order valence-corrected chi connectivity index (χ3v) is 13.1. The molecule has 0 aliphatic carbocycles. The first kappa shape index (κ1) is 26.7. The predicted octanol–water partition coefficient (Wildman–Crippen LogP) is 8.69. The van der Waals surface area contributed by atoms with Gasteiger partial charge in [0.2, 0.25) is 0 Å². The molecule has 0 saturated carbocycles. The van der Waals surface area contributed by atoms with Crippen molar-refractivity contribution in [3.05, 3.63) is 139 Å². The summed E-state index contributed by atoms with van der Waals surface area (Å²) in [6, 6.07) is 44.2. The van der Waals surface area contributed by atoms with Crippen LogP contribution in [0, 0.1) is 0 Å². The standard InChI is InChI=1S/C34H28F3NPS/c35-34(36,37)26-21-22-33-31(25-26)38(30-19-10-11-20-32(30)40-33)23-12-24-39(27-13-4-1-5-14-27,28-15-6-2-7-16-28)29-17-8-3-9-18-29/h1-11,13-22,25H,12,23-24H2/q+1. The molecule has 0 unspecified atom stereocenters. The van der Waals surface area contributed by atoms with Crippen LogP contribution in [-0.4, -0.2) is 12.7 Å². The summed E-state index contributed by atoms with van der Waals surface area (Å²) in [5, 5.41) is 3.92. The second-order valence-electron chi connectivity index (χ2n) is 9.80. The number of hydrogen-bond acceptors (Lipinski definition) is 2. The minimum Gasteiger partial charge on any atom is -0.339 e. The molecule has 200 valence electrons. The zero-order valence-electron chi connectivity index (χ0n) is 21.8. The molecule has 6 rings (SSSR count). The molecule has 1 aliphatic rings. The van der Waals surface area contributed by atoms with E-state index in [2.05, 4.69) is 77.7 Å². The van der Waals surface area contributed by atoms with Crippen LogP contribution in [0.1, 0.15) is 12.0 Å². The first-order valence-electron chi connectivity index (χ1n) is 13.3. The summed E-state index contributed by atoms with van der Waals surface area (Å²) in [6.45, 7) is 0.611. The fourth-order valence-corrected chi connectivity index (χ4v) is 11.0. The number of rotatable bonds is 7. The van der Waals surface area contributed by atoms with Gasteiger partial charge in [-0.05, 0) is 66.7 Å². The Hall–Kier alpha value is -3.53. The number of hydrogen-bond donors (Lipinski definition) is 0. The van der Waals surface area contributed by atoms with E-state index < -0.39 is 19.0 Å². The van der Waals surface area contributed by atoms with E-state index in [-0.39, 0.29) is 0 Å². The van der Waals surface area contributed by atoms with E-state index in [1.807, 2.05) is 42.5 Å². The molecule has 0 atom stereocenters. The summed E-state index contributed by atoms with van der Waals surface area (Å²) < 4.78 is 41.2. The summed E-state index contributed by atoms with van der Waals surface area (Å²) >= 11 is 1.53. The molecule has 6 heteroatoms. The van der Waals surface area contributed by atoms with Crippen molar-refractivity contribution < 1.29 is 13.2 Å². The lowest BCUT2D eigenvalue weighted by Gasteiger charge is -2.34. The molecule has 0 radical (unpaired) electrons. The highest BCUT2D eigenvalue weighted by atomic mass is 32.2. The van der Waals surface area contributed by atoms with E-state index in [0.29, 0.717) is 12.2 Å². The monoisotopic (exact) mass is 570 g/mol. The van der Waals surface area contributed by atoms with Crippen molar-refractivity contribution >= 4 is 46.3 Å². The van der Waals surface area contributed by atoms with Crippen LogP contribution in [0.4, 0.5) is 24.5 Å². The highest BCUT2D eigenvalue weighted by molar-refractivity contribution is 7.99. The molecular formula is C34H28F3NPS+. The lowest BCUT2D eigenvalue weighted by molar-refractivity contribution is -0.137. The number of fused-ring (bicyclic) bond motifs is 2. The lowest BCUT2D eigenvalue weighted by Crippen LogP contribution is -2.34. The molecule has 40 heavy (non-hydrogen) atoms. The molecule has 0 N–H and O–H groups in total. The van der Waals surface area contributed by atoms with Gasteiger partial charge in [0.05, 0.1) is 23.1 Å². The van der Waals surface area contributed by atoms with Crippen molar-refractivity contribution in [1.29, 1.82) is 0 Å². The topological polar surface area (TPSA) is 3.24 Å². The predicted molar refractivity (Wildman–Crippen MR) is 164 cm³/mol. The number of para-hydroxylation sites is 1. The highest BCUT2D eigenvalue weighted by Crippen LogP contribution is 2.56. The van der Waals surface area contributed by atoms with E-state index in [1.165, 1.54) is 39.8 Å². The minimum atomic E-state index is -4.39. The molecule has 0 saturated heterocycles. The van der Waals surface area contributed by atoms with Crippen LogP contribution in [0.25, 0.3) is 0 Å². The average molecular weight is 571 g/mol. The second-order valence-corrected chi connectivity index (χ2v) is 14.5. The average Bonchev–Trinajstić information content (AvgIpc) is 2.99. The van der Waals surface area contributed by atoms with Gasteiger partial charge in [-0.3, -0.25) is 0 Å². The molecule has 5 aromatic rings. The normalized spacial score (nSPS) is 13.0. The Morgan fingerprint density at radius 3 is 1.62 bits per heavy atom. The SMILES string of the molecule is FC(F)(F)c1ccc2c(c1)N(CCC[P+](c1ccccc1)(c1ccccc1)c1ccccc1)c1ccccc1S2. The van der Waals surface area contributed by atoms with Crippen LogP contribution in [-0.2, 0) is 6.18 Å². The van der Waals surface area contributed by atoms with Gasteiger partial charge in [-0.25, -0.2) is 0 Å². The number of halogens is 3. The highest BCUT2D eigenvalue weighted by Gasteiger charge is 2.45. The summed E-state index contributed by atoms with van der Waals surface area (Å²) in [7, 11) is -2.04. The van der Waals surface area contributed by atoms with Gasteiger partial charge in [-0.1, -0.05) is 78.5 Å². The summed E-state index contributed by atoms with van der Waals surface area (Å²) in [6.07, 6.45) is -2.69. The molecule has 5 aromatic carbocycles. The molecule has 0 fully saturated rings. The van der Waals surface area contributed by atoms with Gasteiger partial charge >= 0.3 is 6.18 Å². The van der Waals surface area contributed by atoms with Crippen LogP contribution < -0.4 is 20.8 Å². The Kier molecular flexibility index (Phi) is 7.44. The fraction of sp³-hybridized carbons (Fsp3) is 0.118. The lowest BCUT2D eigenvalue weighted by atomic mass is 10.1. The van der Waals surface area contributed by atoms with Crippen molar-refractivity contribution in [2.75, 3.05) is 17.6 Å².